The Morgan fingerprint density at radius 3 is 2.50 bits per heavy atom. The second kappa shape index (κ2) is 7.39. The molecule has 6 nitrogen and oxygen atoms in total. The van der Waals surface area contributed by atoms with Gasteiger partial charge in [0.25, 0.3) is 0 Å². The summed E-state index contributed by atoms with van der Waals surface area (Å²) in [5, 5.41) is 20.0. The van der Waals surface area contributed by atoms with Crippen LogP contribution in [0.5, 0.6) is 0 Å². The van der Waals surface area contributed by atoms with E-state index in [1.165, 1.54) is 0 Å². The number of carbonyl (C=O) groups is 2. The predicted molar refractivity (Wildman–Crippen MR) is 81.0 cm³/mol. The summed E-state index contributed by atoms with van der Waals surface area (Å²) >= 11 is 0. The molecular formula is C16H23N3O3. The molecule has 1 amide bonds. The third kappa shape index (κ3) is 4.55. The molecule has 120 valence electrons. The number of nitrogens with zero attached hydrogens (tertiary/aromatic N) is 2. The number of hydrogen-bond donors (Lipinski definition) is 2. The lowest BCUT2D eigenvalue weighted by Gasteiger charge is -2.28. The van der Waals surface area contributed by atoms with Gasteiger partial charge in [-0.2, -0.15) is 10.2 Å². The van der Waals surface area contributed by atoms with Crippen LogP contribution in [0.4, 0.5) is 0 Å². The maximum absolute atomic E-state index is 12.1. The van der Waals surface area contributed by atoms with Gasteiger partial charge in [0, 0.05) is 25.7 Å². The molecule has 1 aliphatic carbocycles. The zero-order valence-electron chi connectivity index (χ0n) is 12.8. The molecule has 22 heavy (non-hydrogen) atoms. The largest absolute Gasteiger partial charge is 0.480 e. The topological polar surface area (TPSA) is 91.1 Å². The summed E-state index contributed by atoms with van der Waals surface area (Å²) in [6.45, 7) is 0. The van der Waals surface area contributed by atoms with Crippen molar-refractivity contribution in [3.63, 3.8) is 0 Å². The van der Waals surface area contributed by atoms with Gasteiger partial charge in [0.15, 0.2) is 5.66 Å². The third-order valence-corrected chi connectivity index (χ3v) is 4.51. The fraction of sp³-hybridized carbons (Fsp3) is 0.750. The van der Waals surface area contributed by atoms with Gasteiger partial charge >= 0.3 is 5.97 Å². The number of carboxylic acid groups (broad SMARTS) is 1. The van der Waals surface area contributed by atoms with Gasteiger partial charge in [-0.15, -0.1) is 12.3 Å². The lowest BCUT2D eigenvalue weighted by molar-refractivity contribution is -0.143. The Hall–Kier alpha value is -1.90. The molecule has 0 aromatic rings. The Bertz CT molecular complexity index is 483. The molecule has 0 bridgehead atoms. The van der Waals surface area contributed by atoms with E-state index in [9.17, 15) is 14.7 Å². The highest BCUT2D eigenvalue weighted by Gasteiger charge is 2.39. The summed E-state index contributed by atoms with van der Waals surface area (Å²) in [4.78, 5) is 23.5. The fourth-order valence-corrected chi connectivity index (χ4v) is 3.08. The van der Waals surface area contributed by atoms with Gasteiger partial charge in [-0.25, -0.2) is 4.79 Å². The first kappa shape index (κ1) is 16.5. The van der Waals surface area contributed by atoms with Crippen molar-refractivity contribution in [3.05, 3.63) is 0 Å². The monoisotopic (exact) mass is 305 g/mol. The van der Waals surface area contributed by atoms with Crippen LogP contribution in [0, 0.1) is 18.3 Å². The molecule has 1 fully saturated rings. The van der Waals surface area contributed by atoms with Crippen LogP contribution in [-0.2, 0) is 9.59 Å². The predicted octanol–water partition coefficient (Wildman–Crippen LogP) is 2.49. The molecule has 2 N–H and O–H groups in total. The Morgan fingerprint density at radius 1 is 1.27 bits per heavy atom. The molecule has 0 saturated heterocycles. The van der Waals surface area contributed by atoms with E-state index in [1.807, 2.05) is 0 Å². The Balaban J connectivity index is 1.79. The number of hydrogen-bond acceptors (Lipinski definition) is 4. The summed E-state index contributed by atoms with van der Waals surface area (Å²) < 4.78 is 0. The van der Waals surface area contributed by atoms with Crippen LogP contribution in [0.15, 0.2) is 10.2 Å². The zero-order valence-corrected chi connectivity index (χ0v) is 12.8. The highest BCUT2D eigenvalue weighted by atomic mass is 16.4. The zero-order chi connectivity index (χ0) is 16.0. The molecule has 1 aliphatic heterocycles. The molecule has 2 rings (SSSR count). The van der Waals surface area contributed by atoms with Crippen LogP contribution in [0.1, 0.15) is 57.8 Å². The molecule has 1 atom stereocenters. The lowest BCUT2D eigenvalue weighted by Crippen LogP contribution is -2.46. The molecule has 0 spiro atoms. The minimum Gasteiger partial charge on any atom is -0.480 e. The summed E-state index contributed by atoms with van der Waals surface area (Å²) in [7, 11) is 0. The van der Waals surface area contributed by atoms with Gasteiger partial charge in [-0.3, -0.25) is 4.79 Å². The van der Waals surface area contributed by atoms with Crippen LogP contribution < -0.4 is 5.32 Å². The number of terminal acetylenes is 1. The summed E-state index contributed by atoms with van der Waals surface area (Å²) in [6, 6.07) is -0.775. The normalized spacial score (nSPS) is 20.9. The van der Waals surface area contributed by atoms with Crippen molar-refractivity contribution in [2.24, 2.45) is 16.1 Å². The van der Waals surface area contributed by atoms with Crippen LogP contribution in [0.3, 0.4) is 0 Å². The fourth-order valence-electron chi connectivity index (χ4n) is 3.08. The average molecular weight is 305 g/mol. The molecule has 1 heterocycles. The van der Waals surface area contributed by atoms with Gasteiger partial charge in [-0.1, -0.05) is 19.3 Å². The molecule has 0 radical (unpaired) electrons. The Labute approximate surface area is 130 Å². The Morgan fingerprint density at radius 2 is 1.95 bits per heavy atom. The highest BCUT2D eigenvalue weighted by molar-refractivity contribution is 5.83. The van der Waals surface area contributed by atoms with Crippen molar-refractivity contribution in [1.82, 2.24) is 5.32 Å². The molecule has 1 saturated carbocycles. The van der Waals surface area contributed by atoms with Crippen LogP contribution >= 0.6 is 0 Å². The quantitative estimate of drug-likeness (QED) is 0.675. The maximum Gasteiger partial charge on any atom is 0.326 e. The SMILES string of the molecule is C#CCCC1(CCC(=O)NC(C(=O)O)C2CCCCC2)N=N1. The van der Waals surface area contributed by atoms with Crippen molar-refractivity contribution < 1.29 is 14.7 Å². The molecule has 0 aromatic carbocycles. The van der Waals surface area contributed by atoms with Crippen LogP contribution in [0.2, 0.25) is 0 Å². The number of rotatable bonds is 8. The number of carbonyl (C=O) groups excluding carboxylic acids is 1. The van der Waals surface area contributed by atoms with E-state index in [1.54, 1.807) is 0 Å². The lowest BCUT2D eigenvalue weighted by atomic mass is 9.84. The maximum atomic E-state index is 12.1. The number of amides is 1. The molecule has 0 aromatic heterocycles. The van der Waals surface area contributed by atoms with Gasteiger partial charge in [-0.05, 0) is 18.8 Å². The van der Waals surface area contributed by atoms with Crippen molar-refractivity contribution in [1.29, 1.82) is 0 Å². The Kier molecular flexibility index (Phi) is 5.53. The van der Waals surface area contributed by atoms with E-state index < -0.39 is 17.7 Å². The van der Waals surface area contributed by atoms with E-state index in [4.69, 9.17) is 6.42 Å². The highest BCUT2D eigenvalue weighted by Crippen LogP contribution is 2.37. The smallest absolute Gasteiger partial charge is 0.326 e. The van der Waals surface area contributed by atoms with E-state index in [0.717, 1.165) is 32.1 Å². The number of aliphatic carboxylic acids is 1. The first-order valence-electron chi connectivity index (χ1n) is 7.96. The van der Waals surface area contributed by atoms with Gasteiger partial charge in [0.1, 0.15) is 6.04 Å². The van der Waals surface area contributed by atoms with Crippen LogP contribution in [0.25, 0.3) is 0 Å². The van der Waals surface area contributed by atoms with Gasteiger partial charge < -0.3 is 10.4 Å². The van der Waals surface area contributed by atoms with Crippen molar-refractivity contribution in [2.75, 3.05) is 0 Å². The van der Waals surface area contributed by atoms with Crippen molar-refractivity contribution in [3.8, 4) is 12.3 Å². The summed E-state index contributed by atoms with van der Waals surface area (Å²) in [6.07, 6.45) is 12.1. The van der Waals surface area contributed by atoms with E-state index in [-0.39, 0.29) is 18.2 Å². The molecule has 1 unspecified atom stereocenters. The number of carboxylic acids is 1. The molecule has 6 heteroatoms. The first-order valence-corrected chi connectivity index (χ1v) is 7.96. The average Bonchev–Trinajstić information content (AvgIpc) is 3.30. The van der Waals surface area contributed by atoms with Gasteiger partial charge in [0.05, 0.1) is 0 Å². The first-order chi connectivity index (χ1) is 10.6. The minimum absolute atomic E-state index is 0.0425. The molecule has 2 aliphatic rings. The summed E-state index contributed by atoms with van der Waals surface area (Å²) in [5.41, 5.74) is -0.493. The van der Waals surface area contributed by atoms with E-state index in [2.05, 4.69) is 21.5 Å². The van der Waals surface area contributed by atoms with Gasteiger partial charge in [0.2, 0.25) is 5.91 Å². The van der Waals surface area contributed by atoms with Crippen molar-refractivity contribution in [2.45, 2.75) is 69.5 Å². The third-order valence-electron chi connectivity index (χ3n) is 4.51. The number of nitrogens with one attached hydrogen (secondary N) is 1. The second-order valence-corrected chi connectivity index (χ2v) is 6.17. The second-order valence-electron chi connectivity index (χ2n) is 6.17. The van der Waals surface area contributed by atoms with Crippen LogP contribution in [-0.4, -0.2) is 28.7 Å². The minimum atomic E-state index is -0.942. The summed E-state index contributed by atoms with van der Waals surface area (Å²) in [5.74, 6) is 1.40. The van der Waals surface area contributed by atoms with E-state index in [0.29, 0.717) is 19.3 Å². The molecular weight excluding hydrogens is 282 g/mol. The standard InChI is InChI=1S/C16H23N3O3/c1-2-3-10-16(18-19-16)11-9-13(20)17-14(15(21)22)12-7-5-4-6-8-12/h1,12,14H,3-11H2,(H,17,20)(H,21,22). The van der Waals surface area contributed by atoms with E-state index >= 15 is 0 Å². The van der Waals surface area contributed by atoms with Crippen molar-refractivity contribution >= 4 is 11.9 Å².